The molecule has 0 bridgehead atoms. The van der Waals surface area contributed by atoms with E-state index in [1.54, 1.807) is 7.11 Å². The molecule has 1 N–H and O–H groups in total. The molecule has 0 saturated heterocycles. The van der Waals surface area contributed by atoms with Crippen molar-refractivity contribution in [2.24, 2.45) is 0 Å². The number of benzene rings is 2. The van der Waals surface area contributed by atoms with E-state index in [0.29, 0.717) is 19.7 Å². The smallest absolute Gasteiger partial charge is 0.161 e. The molecule has 0 heterocycles. The second kappa shape index (κ2) is 12.5. The largest absolute Gasteiger partial charge is 0.493 e. The van der Waals surface area contributed by atoms with E-state index in [-0.39, 0.29) is 6.61 Å². The van der Waals surface area contributed by atoms with Gasteiger partial charge in [0.05, 0.1) is 13.7 Å². The highest BCUT2D eigenvalue weighted by Crippen LogP contribution is 2.28. The van der Waals surface area contributed by atoms with E-state index in [9.17, 15) is 5.11 Å². The maximum absolute atomic E-state index is 10.4. The molecule has 0 spiro atoms. The highest BCUT2D eigenvalue weighted by Gasteiger charge is 2.12. The van der Waals surface area contributed by atoms with E-state index in [4.69, 9.17) is 14.2 Å². The predicted molar refractivity (Wildman–Crippen MR) is 125 cm³/mol. The summed E-state index contributed by atoms with van der Waals surface area (Å²) in [5.74, 6) is 2.31. The Hall–Kier alpha value is -2.28. The Kier molecular flexibility index (Phi) is 10.1. The number of ether oxygens (including phenoxy) is 3. The van der Waals surface area contributed by atoms with Crippen LogP contribution < -0.4 is 14.2 Å². The van der Waals surface area contributed by atoms with Gasteiger partial charge in [-0.05, 0) is 70.7 Å². The number of aliphatic hydroxyl groups is 1. The summed E-state index contributed by atoms with van der Waals surface area (Å²) < 4.78 is 17.2. The Labute approximate surface area is 187 Å². The zero-order chi connectivity index (χ0) is 22.8. The molecule has 2 rings (SSSR count). The summed E-state index contributed by atoms with van der Waals surface area (Å²) in [6, 6.07) is 12.0. The van der Waals surface area contributed by atoms with Crippen LogP contribution in [0, 0.1) is 13.8 Å². The van der Waals surface area contributed by atoms with Gasteiger partial charge in [-0.25, -0.2) is 0 Å². The number of likely N-dealkylation sites (N-methyl/N-ethyl adjacent to an activating group) is 1. The lowest BCUT2D eigenvalue weighted by atomic mass is 10.1. The molecule has 0 aliphatic heterocycles. The van der Waals surface area contributed by atoms with Crippen LogP contribution in [-0.4, -0.2) is 75.6 Å². The monoisotopic (exact) mass is 430 g/mol. The van der Waals surface area contributed by atoms with Crippen LogP contribution in [0.3, 0.4) is 0 Å². The molecule has 2 aromatic carbocycles. The van der Waals surface area contributed by atoms with Crippen LogP contribution in [0.2, 0.25) is 0 Å². The van der Waals surface area contributed by atoms with Crippen molar-refractivity contribution in [3.63, 3.8) is 0 Å². The van der Waals surface area contributed by atoms with Crippen molar-refractivity contribution in [1.82, 2.24) is 9.80 Å². The Morgan fingerprint density at radius 3 is 2.35 bits per heavy atom. The van der Waals surface area contributed by atoms with E-state index in [1.807, 2.05) is 44.3 Å². The summed E-state index contributed by atoms with van der Waals surface area (Å²) in [6.45, 7) is 7.18. The molecule has 172 valence electrons. The van der Waals surface area contributed by atoms with Gasteiger partial charge in [0, 0.05) is 19.6 Å². The van der Waals surface area contributed by atoms with Crippen LogP contribution >= 0.6 is 0 Å². The lowest BCUT2D eigenvalue weighted by molar-refractivity contribution is 0.0741. The molecule has 0 radical (unpaired) electrons. The first-order valence-electron chi connectivity index (χ1n) is 10.8. The van der Waals surface area contributed by atoms with Gasteiger partial charge in [-0.15, -0.1) is 0 Å². The molecular weight excluding hydrogens is 392 g/mol. The van der Waals surface area contributed by atoms with Crippen LogP contribution in [0.25, 0.3) is 0 Å². The molecule has 0 aromatic heterocycles. The van der Waals surface area contributed by atoms with Gasteiger partial charge in [0.1, 0.15) is 18.5 Å². The molecule has 0 fully saturated rings. The van der Waals surface area contributed by atoms with Gasteiger partial charge in [-0.1, -0.05) is 23.8 Å². The standard InChI is InChI=1S/C25H38N2O4/c1-19-8-10-23(20(2)14-19)31-18-22(28)17-27(5)16-21-9-11-24(25(15-21)29-6)30-13-7-12-26(3)4/h8-11,14-15,22,28H,7,12-13,16-18H2,1-6H3/t22-/m1/s1. The van der Waals surface area contributed by atoms with E-state index in [2.05, 4.69) is 36.9 Å². The Morgan fingerprint density at radius 1 is 0.935 bits per heavy atom. The summed E-state index contributed by atoms with van der Waals surface area (Å²) in [5, 5.41) is 10.4. The third-order valence-corrected chi connectivity index (χ3v) is 4.97. The molecule has 0 unspecified atom stereocenters. The minimum Gasteiger partial charge on any atom is -0.493 e. The second-order valence-corrected chi connectivity index (χ2v) is 8.42. The molecule has 6 nitrogen and oxygen atoms in total. The van der Waals surface area contributed by atoms with Crippen molar-refractivity contribution in [2.45, 2.75) is 32.9 Å². The van der Waals surface area contributed by atoms with Gasteiger partial charge in [0.2, 0.25) is 0 Å². The molecule has 31 heavy (non-hydrogen) atoms. The summed E-state index contributed by atoms with van der Waals surface area (Å²) in [5.41, 5.74) is 3.38. The first-order valence-corrected chi connectivity index (χ1v) is 10.8. The van der Waals surface area contributed by atoms with Gasteiger partial charge in [-0.2, -0.15) is 0 Å². The quantitative estimate of drug-likeness (QED) is 0.491. The fraction of sp³-hybridized carbons (Fsp3) is 0.520. The molecule has 1 atom stereocenters. The summed E-state index contributed by atoms with van der Waals surface area (Å²) in [7, 11) is 7.75. The first-order chi connectivity index (χ1) is 14.8. The van der Waals surface area contributed by atoms with Gasteiger partial charge >= 0.3 is 0 Å². The van der Waals surface area contributed by atoms with Crippen LogP contribution in [-0.2, 0) is 6.54 Å². The zero-order valence-electron chi connectivity index (χ0n) is 19.9. The predicted octanol–water partition coefficient (Wildman–Crippen LogP) is 3.51. The molecule has 0 aliphatic carbocycles. The SMILES string of the molecule is COc1cc(CN(C)C[C@@H](O)COc2ccc(C)cc2C)ccc1OCCCN(C)C. The molecule has 6 heteroatoms. The van der Waals surface area contributed by atoms with Crippen LogP contribution in [0.5, 0.6) is 17.2 Å². The number of aliphatic hydroxyl groups excluding tert-OH is 1. The lowest BCUT2D eigenvalue weighted by Crippen LogP contribution is -2.32. The molecule has 0 aliphatic rings. The van der Waals surface area contributed by atoms with E-state index >= 15 is 0 Å². The van der Waals surface area contributed by atoms with Gasteiger partial charge < -0.3 is 24.2 Å². The summed E-state index contributed by atoms with van der Waals surface area (Å²) in [4.78, 5) is 4.21. The maximum atomic E-state index is 10.4. The fourth-order valence-corrected chi connectivity index (χ4v) is 3.43. The number of rotatable bonds is 13. The fourth-order valence-electron chi connectivity index (χ4n) is 3.43. The van der Waals surface area contributed by atoms with Crippen LogP contribution in [0.1, 0.15) is 23.1 Å². The zero-order valence-corrected chi connectivity index (χ0v) is 19.9. The first kappa shape index (κ1) is 25.0. The Balaban J connectivity index is 1.82. The van der Waals surface area contributed by atoms with Crippen molar-refractivity contribution in [3.8, 4) is 17.2 Å². The van der Waals surface area contributed by atoms with Crippen molar-refractivity contribution >= 4 is 0 Å². The van der Waals surface area contributed by atoms with E-state index in [0.717, 1.165) is 41.3 Å². The number of methoxy groups -OCH3 is 1. The molecule has 0 amide bonds. The highest BCUT2D eigenvalue weighted by atomic mass is 16.5. The minimum atomic E-state index is -0.577. The summed E-state index contributed by atoms with van der Waals surface area (Å²) in [6.07, 6.45) is 0.384. The minimum absolute atomic E-state index is 0.261. The van der Waals surface area contributed by atoms with Crippen molar-refractivity contribution < 1.29 is 19.3 Å². The third-order valence-electron chi connectivity index (χ3n) is 4.97. The highest BCUT2D eigenvalue weighted by molar-refractivity contribution is 5.43. The van der Waals surface area contributed by atoms with Crippen LogP contribution in [0.15, 0.2) is 36.4 Å². The average molecular weight is 431 g/mol. The number of hydrogen-bond acceptors (Lipinski definition) is 6. The van der Waals surface area contributed by atoms with Crippen LogP contribution in [0.4, 0.5) is 0 Å². The van der Waals surface area contributed by atoms with Gasteiger partial charge in [0.25, 0.3) is 0 Å². The normalized spacial score (nSPS) is 12.3. The Morgan fingerprint density at radius 2 is 1.68 bits per heavy atom. The van der Waals surface area contributed by atoms with E-state index < -0.39 is 6.10 Å². The molecule has 0 saturated carbocycles. The summed E-state index contributed by atoms with van der Waals surface area (Å²) >= 11 is 0. The number of aryl methyl sites for hydroxylation is 2. The molecule has 2 aromatic rings. The Bertz CT molecular complexity index is 810. The number of nitrogens with zero attached hydrogens (tertiary/aromatic N) is 2. The second-order valence-electron chi connectivity index (χ2n) is 8.42. The van der Waals surface area contributed by atoms with Gasteiger partial charge in [-0.3, -0.25) is 4.90 Å². The van der Waals surface area contributed by atoms with Crippen molar-refractivity contribution in [3.05, 3.63) is 53.1 Å². The average Bonchev–Trinajstić information content (AvgIpc) is 2.71. The van der Waals surface area contributed by atoms with Crippen molar-refractivity contribution in [2.75, 3.05) is 54.6 Å². The maximum Gasteiger partial charge on any atom is 0.161 e. The number of hydrogen-bond donors (Lipinski definition) is 1. The third kappa shape index (κ3) is 8.77. The lowest BCUT2D eigenvalue weighted by Gasteiger charge is -2.22. The van der Waals surface area contributed by atoms with E-state index in [1.165, 1.54) is 5.56 Å². The van der Waals surface area contributed by atoms with Gasteiger partial charge in [0.15, 0.2) is 11.5 Å². The molecular formula is C25H38N2O4. The topological polar surface area (TPSA) is 54.4 Å². The van der Waals surface area contributed by atoms with Crippen molar-refractivity contribution in [1.29, 1.82) is 0 Å².